The first kappa shape index (κ1) is 19.7. The topological polar surface area (TPSA) is 81.7 Å². The van der Waals surface area contributed by atoms with Crippen molar-refractivity contribution >= 4 is 12.0 Å². The molecule has 0 fully saturated rings. The third-order valence-corrected chi connectivity index (χ3v) is 3.60. The van der Waals surface area contributed by atoms with Gasteiger partial charge in [0.2, 0.25) is 0 Å². The molecule has 0 spiro atoms. The highest BCUT2D eigenvalue weighted by molar-refractivity contribution is 5.73. The third kappa shape index (κ3) is 12.2. The van der Waals surface area contributed by atoms with Crippen LogP contribution < -0.4 is 10.6 Å². The number of carbonyl (C=O) groups is 2. The quantitative estimate of drug-likeness (QED) is 0.481. The van der Waals surface area contributed by atoms with Crippen LogP contribution in [0.25, 0.3) is 0 Å². The van der Waals surface area contributed by atoms with E-state index in [0.29, 0.717) is 25.4 Å². The number of aliphatic carboxylic acids is 1. The van der Waals surface area contributed by atoms with Gasteiger partial charge in [0, 0.05) is 19.5 Å². The number of nitrogens with zero attached hydrogens (tertiary/aromatic N) is 1. The second kappa shape index (κ2) is 12.4. The first-order valence-electron chi connectivity index (χ1n) is 7.95. The Bertz CT molecular complexity index is 294. The highest BCUT2D eigenvalue weighted by atomic mass is 16.4. The van der Waals surface area contributed by atoms with Gasteiger partial charge in [-0.15, -0.1) is 0 Å². The zero-order valence-corrected chi connectivity index (χ0v) is 13.7. The van der Waals surface area contributed by atoms with Crippen LogP contribution in [0.1, 0.15) is 46.5 Å². The Labute approximate surface area is 128 Å². The lowest BCUT2D eigenvalue weighted by molar-refractivity contribution is -0.137. The van der Waals surface area contributed by atoms with Gasteiger partial charge in [0.15, 0.2) is 0 Å². The fraction of sp³-hybridized carbons (Fsp3) is 0.867. The van der Waals surface area contributed by atoms with Crippen LogP contribution in [0.4, 0.5) is 4.79 Å². The molecular formula is C15H31N3O3. The van der Waals surface area contributed by atoms with E-state index in [0.717, 1.165) is 32.5 Å². The van der Waals surface area contributed by atoms with Gasteiger partial charge in [-0.3, -0.25) is 4.79 Å². The minimum absolute atomic E-state index is 0.139. The zero-order chi connectivity index (χ0) is 16.1. The molecule has 0 bridgehead atoms. The lowest BCUT2D eigenvalue weighted by Gasteiger charge is -2.17. The van der Waals surface area contributed by atoms with Gasteiger partial charge in [0.05, 0.1) is 0 Å². The summed E-state index contributed by atoms with van der Waals surface area (Å²) in [6.07, 6.45) is 2.60. The van der Waals surface area contributed by atoms with Gasteiger partial charge in [-0.1, -0.05) is 20.8 Å². The van der Waals surface area contributed by atoms with Crippen LogP contribution in [-0.2, 0) is 4.79 Å². The Hall–Kier alpha value is -1.30. The van der Waals surface area contributed by atoms with Crippen molar-refractivity contribution in [3.05, 3.63) is 0 Å². The molecule has 6 heteroatoms. The molecular weight excluding hydrogens is 270 g/mol. The summed E-state index contributed by atoms with van der Waals surface area (Å²) in [7, 11) is 0. The number of rotatable bonds is 12. The molecule has 6 nitrogen and oxygen atoms in total. The molecule has 0 aliphatic heterocycles. The summed E-state index contributed by atoms with van der Waals surface area (Å²) in [5.74, 6) is -0.454. The van der Waals surface area contributed by atoms with E-state index in [1.807, 2.05) is 6.92 Å². The number of carbonyl (C=O) groups excluding carboxylic acids is 1. The summed E-state index contributed by atoms with van der Waals surface area (Å²) in [5.41, 5.74) is 0. The van der Waals surface area contributed by atoms with Crippen molar-refractivity contribution in [3.8, 4) is 0 Å². The summed E-state index contributed by atoms with van der Waals surface area (Å²) in [6, 6.07) is -0.139. The first-order chi connectivity index (χ1) is 9.99. The molecule has 0 saturated carbocycles. The molecule has 0 saturated heterocycles. The van der Waals surface area contributed by atoms with Gasteiger partial charge in [0.1, 0.15) is 0 Å². The van der Waals surface area contributed by atoms with Gasteiger partial charge >= 0.3 is 12.0 Å². The fourth-order valence-electron chi connectivity index (χ4n) is 2.05. The molecule has 0 aliphatic rings. The van der Waals surface area contributed by atoms with E-state index in [4.69, 9.17) is 5.11 Å². The van der Waals surface area contributed by atoms with Crippen LogP contribution in [0.15, 0.2) is 0 Å². The predicted octanol–water partition coefficient (Wildman–Crippen LogP) is 1.91. The van der Waals surface area contributed by atoms with Crippen LogP contribution in [0, 0.1) is 5.92 Å². The van der Waals surface area contributed by atoms with E-state index in [9.17, 15) is 9.59 Å². The molecule has 0 aromatic rings. The lowest BCUT2D eigenvalue weighted by Crippen LogP contribution is -2.38. The maximum Gasteiger partial charge on any atom is 0.314 e. The fourth-order valence-corrected chi connectivity index (χ4v) is 2.05. The second-order valence-corrected chi connectivity index (χ2v) is 5.39. The maximum atomic E-state index is 11.5. The van der Waals surface area contributed by atoms with Crippen molar-refractivity contribution in [2.24, 2.45) is 5.92 Å². The van der Waals surface area contributed by atoms with Crippen molar-refractivity contribution in [2.75, 3.05) is 32.7 Å². The van der Waals surface area contributed by atoms with Crippen LogP contribution in [0.5, 0.6) is 0 Å². The first-order valence-corrected chi connectivity index (χ1v) is 7.95. The highest BCUT2D eigenvalue weighted by Crippen LogP contribution is 2.08. The van der Waals surface area contributed by atoms with Crippen molar-refractivity contribution in [3.63, 3.8) is 0 Å². The largest absolute Gasteiger partial charge is 0.481 e. The zero-order valence-electron chi connectivity index (χ0n) is 13.7. The lowest BCUT2D eigenvalue weighted by atomic mass is 10.0. The van der Waals surface area contributed by atoms with Gasteiger partial charge in [-0.25, -0.2) is 4.79 Å². The van der Waals surface area contributed by atoms with Crippen molar-refractivity contribution in [2.45, 2.75) is 46.5 Å². The van der Waals surface area contributed by atoms with Crippen LogP contribution in [0.2, 0.25) is 0 Å². The molecule has 1 unspecified atom stereocenters. The van der Waals surface area contributed by atoms with Crippen LogP contribution in [-0.4, -0.2) is 54.7 Å². The molecule has 0 radical (unpaired) electrons. The molecule has 2 amide bonds. The van der Waals surface area contributed by atoms with E-state index in [1.165, 1.54) is 0 Å². The Morgan fingerprint density at radius 1 is 1.10 bits per heavy atom. The summed E-state index contributed by atoms with van der Waals surface area (Å²) >= 11 is 0. The van der Waals surface area contributed by atoms with Crippen molar-refractivity contribution in [1.82, 2.24) is 15.5 Å². The monoisotopic (exact) mass is 301 g/mol. The van der Waals surface area contributed by atoms with E-state index < -0.39 is 5.97 Å². The number of hydrogen-bond donors (Lipinski definition) is 3. The predicted molar refractivity (Wildman–Crippen MR) is 84.5 cm³/mol. The maximum absolute atomic E-state index is 11.5. The molecule has 0 rings (SSSR count). The van der Waals surface area contributed by atoms with Gasteiger partial charge in [0.25, 0.3) is 0 Å². The average molecular weight is 301 g/mol. The SMILES string of the molecule is CCN(CC)CCCNC(=O)NCCC(C)CCC(=O)O. The molecule has 0 heterocycles. The Morgan fingerprint density at radius 2 is 1.71 bits per heavy atom. The highest BCUT2D eigenvalue weighted by Gasteiger charge is 2.06. The number of hydrogen-bond acceptors (Lipinski definition) is 3. The average Bonchev–Trinajstić information content (AvgIpc) is 2.45. The van der Waals surface area contributed by atoms with E-state index in [2.05, 4.69) is 29.4 Å². The summed E-state index contributed by atoms with van der Waals surface area (Å²) in [6.45, 7) is 10.6. The minimum atomic E-state index is -0.763. The minimum Gasteiger partial charge on any atom is -0.481 e. The molecule has 0 aliphatic carbocycles. The van der Waals surface area contributed by atoms with E-state index >= 15 is 0 Å². The second-order valence-electron chi connectivity index (χ2n) is 5.39. The number of amides is 2. The molecule has 124 valence electrons. The Kier molecular flexibility index (Phi) is 11.7. The van der Waals surface area contributed by atoms with Crippen molar-refractivity contribution in [1.29, 1.82) is 0 Å². The van der Waals surface area contributed by atoms with Crippen molar-refractivity contribution < 1.29 is 14.7 Å². The van der Waals surface area contributed by atoms with E-state index in [-0.39, 0.29) is 12.5 Å². The third-order valence-electron chi connectivity index (χ3n) is 3.60. The molecule has 0 aromatic heterocycles. The molecule has 0 aromatic carbocycles. The number of nitrogens with one attached hydrogen (secondary N) is 2. The summed E-state index contributed by atoms with van der Waals surface area (Å²) < 4.78 is 0. The molecule has 21 heavy (non-hydrogen) atoms. The van der Waals surface area contributed by atoms with Crippen LogP contribution in [0.3, 0.4) is 0 Å². The van der Waals surface area contributed by atoms with Gasteiger partial charge < -0.3 is 20.6 Å². The standard InChI is InChI=1S/C15H31N3O3/c1-4-18(5-2)12-6-10-16-15(21)17-11-9-13(3)7-8-14(19)20/h13H,4-12H2,1-3H3,(H,19,20)(H2,16,17,21). The normalized spacial score (nSPS) is 12.2. The Morgan fingerprint density at radius 3 is 2.29 bits per heavy atom. The molecule has 3 N–H and O–H groups in total. The molecule has 1 atom stereocenters. The van der Waals surface area contributed by atoms with E-state index in [1.54, 1.807) is 0 Å². The summed E-state index contributed by atoms with van der Waals surface area (Å²) in [5, 5.41) is 14.2. The number of urea groups is 1. The Balaban J connectivity index is 3.52. The summed E-state index contributed by atoms with van der Waals surface area (Å²) in [4.78, 5) is 24.3. The smallest absolute Gasteiger partial charge is 0.314 e. The van der Waals surface area contributed by atoms with Gasteiger partial charge in [-0.2, -0.15) is 0 Å². The van der Waals surface area contributed by atoms with Crippen LogP contribution >= 0.6 is 0 Å². The van der Waals surface area contributed by atoms with Gasteiger partial charge in [-0.05, 0) is 44.8 Å². The number of carboxylic acids is 1. The number of carboxylic acid groups (broad SMARTS) is 1.